The highest BCUT2D eigenvalue weighted by Gasteiger charge is 2.46. The van der Waals surface area contributed by atoms with Gasteiger partial charge >= 0.3 is 0 Å². The minimum atomic E-state index is -4.71. The third-order valence-corrected chi connectivity index (χ3v) is 3.30. The first kappa shape index (κ1) is 13.6. The molecule has 0 fully saturated rings. The summed E-state index contributed by atoms with van der Waals surface area (Å²) in [5, 5.41) is 19.0. The molecule has 0 saturated heterocycles. The summed E-state index contributed by atoms with van der Waals surface area (Å²) in [6.07, 6.45) is -0.208. The molecule has 0 aliphatic heterocycles. The monoisotopic (exact) mass is 224 g/mol. The van der Waals surface area contributed by atoms with Crippen molar-refractivity contribution in [3.8, 4) is 0 Å². The van der Waals surface area contributed by atoms with Gasteiger partial charge in [0.2, 0.25) is 4.93 Å². The van der Waals surface area contributed by atoms with Gasteiger partial charge in [-0.3, -0.25) is 4.55 Å². The van der Waals surface area contributed by atoms with E-state index in [1.807, 2.05) is 0 Å². The van der Waals surface area contributed by atoms with E-state index >= 15 is 0 Å². The predicted molar refractivity (Wildman–Crippen MR) is 52.2 cm³/mol. The largest absolute Gasteiger partial charge is 0.389 e. The minimum absolute atomic E-state index is 0.0874. The molecule has 0 rings (SSSR count). The lowest BCUT2D eigenvalue weighted by Gasteiger charge is -2.28. The Bertz CT molecular complexity index is 284. The first-order valence-electron chi connectivity index (χ1n) is 4.28. The van der Waals surface area contributed by atoms with Crippen LogP contribution < -0.4 is 0 Å². The normalized spacial score (nSPS) is 18.6. The second kappa shape index (κ2) is 4.88. The Morgan fingerprint density at radius 1 is 1.57 bits per heavy atom. The van der Waals surface area contributed by atoms with Gasteiger partial charge in [0.05, 0.1) is 6.10 Å². The molecule has 5 nitrogen and oxygen atoms in total. The van der Waals surface area contributed by atoms with Crippen molar-refractivity contribution in [3.63, 3.8) is 0 Å². The molecular weight excluding hydrogens is 208 g/mol. The summed E-state index contributed by atoms with van der Waals surface area (Å²) < 4.78 is 30.5. The molecule has 0 heterocycles. The van der Waals surface area contributed by atoms with Crippen molar-refractivity contribution in [1.82, 2.24) is 0 Å². The lowest BCUT2D eigenvalue weighted by atomic mass is 10.1. The average Bonchev–Trinajstić information content (AvgIpc) is 2.03. The molecule has 0 saturated carbocycles. The Balaban J connectivity index is 4.99. The zero-order valence-electron chi connectivity index (χ0n) is 8.05. The molecule has 0 aromatic rings. The Morgan fingerprint density at radius 2 is 2.07 bits per heavy atom. The van der Waals surface area contributed by atoms with E-state index in [0.29, 0.717) is 6.42 Å². The van der Waals surface area contributed by atoms with E-state index in [9.17, 15) is 18.6 Å². The van der Waals surface area contributed by atoms with Crippen LogP contribution in [0.5, 0.6) is 0 Å². The molecule has 0 aliphatic carbocycles. The molecule has 2 atom stereocenters. The van der Waals surface area contributed by atoms with Gasteiger partial charge in [-0.1, -0.05) is 19.4 Å². The molecule has 6 heteroatoms. The summed E-state index contributed by atoms with van der Waals surface area (Å²) in [5.74, 6) is 0. The highest BCUT2D eigenvalue weighted by atomic mass is 32.2. The molecule has 0 spiro atoms. The maximum atomic E-state index is 10.9. The third-order valence-electron chi connectivity index (χ3n) is 1.97. The van der Waals surface area contributed by atoms with Gasteiger partial charge in [-0.15, -0.1) is 6.58 Å². The lowest BCUT2D eigenvalue weighted by Crippen LogP contribution is -2.48. The van der Waals surface area contributed by atoms with E-state index in [4.69, 9.17) is 4.55 Å². The molecule has 0 amide bonds. The standard InChI is InChI=1S/C8H16O5S/c1-3-5-7(9)8(10,6-4-2)14(11,12)13/h4,7,9-10H,2-3,5-6H2,1H3,(H,11,12,13). The Kier molecular flexibility index (Phi) is 4.73. The fourth-order valence-corrected chi connectivity index (χ4v) is 1.91. The Morgan fingerprint density at radius 3 is 2.36 bits per heavy atom. The number of aliphatic hydroxyl groups excluding tert-OH is 1. The maximum Gasteiger partial charge on any atom is 0.297 e. The molecule has 14 heavy (non-hydrogen) atoms. The molecule has 0 aromatic heterocycles. The number of hydrogen-bond acceptors (Lipinski definition) is 4. The summed E-state index contributed by atoms with van der Waals surface area (Å²) in [4.78, 5) is -2.54. The first-order valence-corrected chi connectivity index (χ1v) is 5.72. The van der Waals surface area contributed by atoms with Crippen molar-refractivity contribution in [2.75, 3.05) is 0 Å². The second-order valence-corrected chi connectivity index (χ2v) is 4.77. The van der Waals surface area contributed by atoms with Crippen LogP contribution in [0.3, 0.4) is 0 Å². The van der Waals surface area contributed by atoms with E-state index < -0.39 is 27.6 Å². The van der Waals surface area contributed by atoms with Crippen molar-refractivity contribution in [3.05, 3.63) is 12.7 Å². The van der Waals surface area contributed by atoms with Crippen molar-refractivity contribution in [2.24, 2.45) is 0 Å². The SMILES string of the molecule is C=CCC(O)(C(O)CCC)S(=O)(=O)O. The van der Waals surface area contributed by atoms with E-state index in [1.165, 1.54) is 0 Å². The predicted octanol–water partition coefficient (Wildman–Crippen LogP) is 0.300. The summed E-state index contributed by atoms with van der Waals surface area (Å²) >= 11 is 0. The highest BCUT2D eigenvalue weighted by Crippen LogP contribution is 2.25. The molecule has 0 radical (unpaired) electrons. The van der Waals surface area contributed by atoms with E-state index in [-0.39, 0.29) is 6.42 Å². The van der Waals surface area contributed by atoms with Crippen molar-refractivity contribution < 1.29 is 23.2 Å². The zero-order chi connectivity index (χ0) is 11.4. The van der Waals surface area contributed by atoms with Crippen LogP contribution in [-0.2, 0) is 10.1 Å². The molecule has 2 unspecified atom stereocenters. The van der Waals surface area contributed by atoms with Crippen LogP contribution in [0.25, 0.3) is 0 Å². The van der Waals surface area contributed by atoms with E-state index in [1.54, 1.807) is 6.92 Å². The highest BCUT2D eigenvalue weighted by molar-refractivity contribution is 7.87. The van der Waals surface area contributed by atoms with Gasteiger partial charge in [0, 0.05) is 6.42 Å². The molecule has 3 N–H and O–H groups in total. The van der Waals surface area contributed by atoms with Gasteiger partial charge in [-0.05, 0) is 6.42 Å². The Labute approximate surface area is 83.8 Å². The topological polar surface area (TPSA) is 94.8 Å². The fraction of sp³-hybridized carbons (Fsp3) is 0.750. The van der Waals surface area contributed by atoms with Crippen LogP contribution in [0.15, 0.2) is 12.7 Å². The zero-order valence-corrected chi connectivity index (χ0v) is 8.87. The lowest BCUT2D eigenvalue weighted by molar-refractivity contribution is -0.0216. The average molecular weight is 224 g/mol. The van der Waals surface area contributed by atoms with Crippen LogP contribution >= 0.6 is 0 Å². The van der Waals surface area contributed by atoms with E-state index in [0.717, 1.165) is 6.08 Å². The smallest absolute Gasteiger partial charge is 0.297 e. The Hall–Kier alpha value is -0.430. The molecule has 84 valence electrons. The third kappa shape index (κ3) is 2.78. The first-order chi connectivity index (χ1) is 6.29. The summed E-state index contributed by atoms with van der Waals surface area (Å²) in [5.41, 5.74) is 0. The summed E-state index contributed by atoms with van der Waals surface area (Å²) in [6.45, 7) is 4.98. The maximum absolute atomic E-state index is 10.9. The minimum Gasteiger partial charge on any atom is -0.389 e. The summed E-state index contributed by atoms with van der Waals surface area (Å²) in [7, 11) is -4.71. The van der Waals surface area contributed by atoms with Crippen LogP contribution in [0.2, 0.25) is 0 Å². The molecule has 0 aromatic carbocycles. The number of rotatable bonds is 6. The molecule has 0 aliphatic rings. The van der Waals surface area contributed by atoms with Gasteiger partial charge in [0.15, 0.2) is 0 Å². The van der Waals surface area contributed by atoms with Gasteiger partial charge in [0.25, 0.3) is 10.1 Å². The van der Waals surface area contributed by atoms with Gasteiger partial charge < -0.3 is 10.2 Å². The quantitative estimate of drug-likeness (QED) is 0.445. The van der Waals surface area contributed by atoms with Gasteiger partial charge in [0.1, 0.15) is 0 Å². The van der Waals surface area contributed by atoms with Gasteiger partial charge in [-0.2, -0.15) is 8.42 Å². The van der Waals surface area contributed by atoms with Crippen LogP contribution in [0.4, 0.5) is 0 Å². The summed E-state index contributed by atoms with van der Waals surface area (Å²) in [6, 6.07) is 0. The fourth-order valence-electron chi connectivity index (χ4n) is 1.12. The number of hydrogen-bond donors (Lipinski definition) is 3. The number of aliphatic hydroxyl groups is 2. The van der Waals surface area contributed by atoms with Crippen LogP contribution in [0.1, 0.15) is 26.2 Å². The van der Waals surface area contributed by atoms with Crippen molar-refractivity contribution in [2.45, 2.75) is 37.2 Å². The molecular formula is C8H16O5S. The van der Waals surface area contributed by atoms with E-state index in [2.05, 4.69) is 6.58 Å². The van der Waals surface area contributed by atoms with Crippen LogP contribution in [-0.4, -0.2) is 34.2 Å². The van der Waals surface area contributed by atoms with Crippen LogP contribution in [0, 0.1) is 0 Å². The van der Waals surface area contributed by atoms with Crippen molar-refractivity contribution in [1.29, 1.82) is 0 Å². The molecule has 0 bridgehead atoms. The van der Waals surface area contributed by atoms with Crippen molar-refractivity contribution >= 4 is 10.1 Å². The van der Waals surface area contributed by atoms with Gasteiger partial charge in [-0.25, -0.2) is 0 Å². The second-order valence-electron chi connectivity index (χ2n) is 3.12.